The van der Waals surface area contributed by atoms with E-state index >= 15 is 0 Å². The Morgan fingerprint density at radius 2 is 1.74 bits per heavy atom. The van der Waals surface area contributed by atoms with Crippen LogP contribution in [-0.4, -0.2) is 40.0 Å². The highest BCUT2D eigenvalue weighted by atomic mass is 79.9. The van der Waals surface area contributed by atoms with Crippen molar-refractivity contribution >= 4 is 21.9 Å². The van der Waals surface area contributed by atoms with Crippen molar-refractivity contribution in [3.05, 3.63) is 51.8 Å². The number of piperidine rings is 1. The Bertz CT molecular complexity index is 700. The molecule has 3 saturated heterocycles. The van der Waals surface area contributed by atoms with Gasteiger partial charge in [-0.15, -0.1) is 0 Å². The fourth-order valence-electron chi connectivity index (χ4n) is 3.78. The first-order valence-electron chi connectivity index (χ1n) is 8.16. The van der Waals surface area contributed by atoms with Crippen LogP contribution < -0.4 is 4.90 Å². The number of anilines is 1. The molecule has 1 aromatic heterocycles. The van der Waals surface area contributed by atoms with Crippen molar-refractivity contribution in [2.75, 3.05) is 18.0 Å². The van der Waals surface area contributed by atoms with Gasteiger partial charge in [0.25, 0.3) is 0 Å². The summed E-state index contributed by atoms with van der Waals surface area (Å²) in [6.07, 6.45) is 1.30. The van der Waals surface area contributed by atoms with E-state index < -0.39 is 0 Å². The summed E-state index contributed by atoms with van der Waals surface area (Å²) < 4.78 is 1.21. The third kappa shape index (κ3) is 2.88. The van der Waals surface area contributed by atoms with Gasteiger partial charge < -0.3 is 4.90 Å². The number of rotatable bonds is 3. The summed E-state index contributed by atoms with van der Waals surface area (Å²) in [5.41, 5.74) is 3.48. The minimum atomic E-state index is 0.616. The lowest BCUT2D eigenvalue weighted by Gasteiger charge is -2.56. The monoisotopic (exact) mass is 372 g/mol. The van der Waals surface area contributed by atoms with Crippen LogP contribution in [0.25, 0.3) is 0 Å². The van der Waals surface area contributed by atoms with Gasteiger partial charge in [-0.05, 0) is 38.0 Å². The van der Waals surface area contributed by atoms with Crippen molar-refractivity contribution in [1.29, 1.82) is 0 Å². The van der Waals surface area contributed by atoms with Crippen LogP contribution in [0.5, 0.6) is 0 Å². The Morgan fingerprint density at radius 3 is 2.39 bits per heavy atom. The molecule has 2 atom stereocenters. The van der Waals surface area contributed by atoms with Crippen LogP contribution >= 0.6 is 15.9 Å². The maximum atomic E-state index is 4.62. The molecule has 4 heterocycles. The molecule has 2 unspecified atom stereocenters. The number of halogens is 1. The molecule has 0 N–H and O–H groups in total. The summed E-state index contributed by atoms with van der Waals surface area (Å²) in [6, 6.07) is 11.8. The molecule has 5 rings (SSSR count). The molecule has 5 heteroatoms. The molecule has 0 saturated carbocycles. The molecular formula is C18H21BrN4. The summed E-state index contributed by atoms with van der Waals surface area (Å²) >= 11 is 3.67. The zero-order chi connectivity index (χ0) is 16.0. The van der Waals surface area contributed by atoms with Crippen molar-refractivity contribution < 1.29 is 0 Å². The molecule has 3 fully saturated rings. The van der Waals surface area contributed by atoms with Gasteiger partial charge in [-0.1, -0.05) is 34.1 Å². The zero-order valence-electron chi connectivity index (χ0n) is 13.5. The minimum absolute atomic E-state index is 0.616. The smallest absolute Gasteiger partial charge is 0.225 e. The fraction of sp³-hybridized carbons (Fsp3) is 0.444. The minimum Gasteiger partial charge on any atom is -0.338 e. The van der Waals surface area contributed by atoms with E-state index in [1.807, 2.05) is 19.9 Å². The average molecular weight is 373 g/mol. The summed E-state index contributed by atoms with van der Waals surface area (Å²) in [5.74, 6) is 0.901. The van der Waals surface area contributed by atoms with E-state index in [0.29, 0.717) is 12.1 Å². The number of aromatic nitrogens is 2. The van der Waals surface area contributed by atoms with Gasteiger partial charge in [0.2, 0.25) is 5.95 Å². The van der Waals surface area contributed by atoms with Crippen LogP contribution in [0.3, 0.4) is 0 Å². The van der Waals surface area contributed by atoms with Crippen LogP contribution in [0.4, 0.5) is 5.95 Å². The Labute approximate surface area is 145 Å². The van der Waals surface area contributed by atoms with Crippen LogP contribution in [0.2, 0.25) is 0 Å². The molecule has 0 amide bonds. The Morgan fingerprint density at radius 1 is 1.09 bits per heavy atom. The highest BCUT2D eigenvalue weighted by molar-refractivity contribution is 9.10. The van der Waals surface area contributed by atoms with Crippen molar-refractivity contribution in [2.45, 2.75) is 38.9 Å². The lowest BCUT2D eigenvalue weighted by molar-refractivity contribution is -0.00913. The molecule has 1 aromatic carbocycles. The third-order valence-corrected chi connectivity index (χ3v) is 5.68. The third-order valence-electron chi connectivity index (χ3n) is 4.91. The molecule has 120 valence electrons. The maximum Gasteiger partial charge on any atom is 0.225 e. The topological polar surface area (TPSA) is 32.3 Å². The Kier molecular flexibility index (Phi) is 3.85. The zero-order valence-corrected chi connectivity index (χ0v) is 15.1. The number of fused-ring (bicyclic) bond motifs is 2. The lowest BCUT2D eigenvalue weighted by atomic mass is 9.87. The average Bonchev–Trinajstić information content (AvgIpc) is 2.53. The van der Waals surface area contributed by atoms with E-state index in [2.05, 4.69) is 60.0 Å². The summed E-state index contributed by atoms with van der Waals surface area (Å²) in [5, 5.41) is 0. The van der Waals surface area contributed by atoms with Gasteiger partial charge in [0.15, 0.2) is 0 Å². The number of aryl methyl sites for hydroxylation is 2. The van der Waals surface area contributed by atoms with E-state index in [4.69, 9.17) is 0 Å². The molecule has 23 heavy (non-hydrogen) atoms. The van der Waals surface area contributed by atoms with Crippen molar-refractivity contribution in [3.8, 4) is 0 Å². The van der Waals surface area contributed by atoms with Gasteiger partial charge in [0.05, 0.1) is 0 Å². The molecule has 2 aromatic rings. The van der Waals surface area contributed by atoms with Crippen molar-refractivity contribution in [2.24, 2.45) is 0 Å². The highest BCUT2D eigenvalue weighted by Gasteiger charge is 2.45. The van der Waals surface area contributed by atoms with E-state index in [0.717, 1.165) is 37.0 Å². The van der Waals surface area contributed by atoms with Gasteiger partial charge >= 0.3 is 0 Å². The number of benzene rings is 1. The van der Waals surface area contributed by atoms with Gasteiger partial charge in [-0.3, -0.25) is 4.90 Å². The number of hydrogen-bond acceptors (Lipinski definition) is 4. The normalized spacial score (nSPS) is 23.7. The van der Waals surface area contributed by atoms with Gasteiger partial charge in [-0.2, -0.15) is 0 Å². The van der Waals surface area contributed by atoms with Crippen molar-refractivity contribution in [1.82, 2.24) is 14.9 Å². The summed E-state index contributed by atoms with van der Waals surface area (Å²) in [6.45, 7) is 7.18. The Hall–Kier alpha value is -1.46. The predicted octanol–water partition coefficient (Wildman–Crippen LogP) is 3.32. The van der Waals surface area contributed by atoms with E-state index in [1.54, 1.807) is 0 Å². The highest BCUT2D eigenvalue weighted by Crippen LogP contribution is 2.35. The van der Waals surface area contributed by atoms with Gasteiger partial charge in [0.1, 0.15) is 0 Å². The second-order valence-electron chi connectivity index (χ2n) is 6.66. The molecule has 3 aliphatic heterocycles. The first kappa shape index (κ1) is 15.1. The quantitative estimate of drug-likeness (QED) is 0.826. The van der Waals surface area contributed by atoms with Crippen LogP contribution in [0.15, 0.2) is 34.8 Å². The fourth-order valence-corrected chi connectivity index (χ4v) is 4.19. The molecular weight excluding hydrogens is 352 g/mol. The summed E-state index contributed by atoms with van der Waals surface area (Å²) in [4.78, 5) is 14.2. The standard InChI is InChI=1S/C18H21BrN4/c1-12-7-13(2)21-18(20-12)22-10-15-8-16(11-22)23(15)9-14-5-3-4-6-17(14)19/h3-7,15-16H,8-11H2,1-2H3. The second kappa shape index (κ2) is 5.87. The summed E-state index contributed by atoms with van der Waals surface area (Å²) in [7, 11) is 0. The molecule has 0 spiro atoms. The van der Waals surface area contributed by atoms with Gasteiger partial charge in [-0.25, -0.2) is 9.97 Å². The van der Waals surface area contributed by atoms with Crippen molar-refractivity contribution in [3.63, 3.8) is 0 Å². The SMILES string of the molecule is Cc1cc(C)nc(N2CC3CC(C2)N3Cc2ccccc2Br)n1. The van der Waals surface area contributed by atoms with Gasteiger partial charge in [0, 0.05) is 47.6 Å². The lowest BCUT2D eigenvalue weighted by Crippen LogP contribution is -2.68. The number of piperazine rings is 1. The largest absolute Gasteiger partial charge is 0.338 e. The number of nitrogens with zero attached hydrogens (tertiary/aromatic N) is 4. The first-order chi connectivity index (χ1) is 11.1. The molecule has 4 nitrogen and oxygen atoms in total. The Balaban J connectivity index is 1.47. The van der Waals surface area contributed by atoms with Crippen LogP contribution in [-0.2, 0) is 6.54 Å². The van der Waals surface area contributed by atoms with Crippen LogP contribution in [0.1, 0.15) is 23.4 Å². The van der Waals surface area contributed by atoms with E-state index in [9.17, 15) is 0 Å². The van der Waals surface area contributed by atoms with E-state index in [-0.39, 0.29) is 0 Å². The van der Waals surface area contributed by atoms with Crippen LogP contribution in [0, 0.1) is 13.8 Å². The number of hydrogen-bond donors (Lipinski definition) is 0. The molecule has 0 radical (unpaired) electrons. The molecule has 2 bridgehead atoms. The molecule has 3 aliphatic rings. The molecule has 0 aliphatic carbocycles. The maximum absolute atomic E-state index is 4.62. The second-order valence-corrected chi connectivity index (χ2v) is 7.52. The first-order valence-corrected chi connectivity index (χ1v) is 8.96. The predicted molar refractivity (Wildman–Crippen MR) is 95.6 cm³/mol. The van der Waals surface area contributed by atoms with E-state index in [1.165, 1.54) is 16.5 Å².